The monoisotopic (exact) mass is 248 g/mol. The molecule has 0 amide bonds. The van der Waals surface area contributed by atoms with Crippen LogP contribution in [0.25, 0.3) is 0 Å². The highest BCUT2D eigenvalue weighted by Crippen LogP contribution is 2.27. The second-order valence-corrected chi connectivity index (χ2v) is 5.34. The van der Waals surface area contributed by atoms with Gasteiger partial charge in [0.2, 0.25) is 5.56 Å². The summed E-state index contributed by atoms with van der Waals surface area (Å²) in [4.78, 5) is 14.3. The van der Waals surface area contributed by atoms with E-state index < -0.39 is 0 Å². The largest absolute Gasteiger partial charge is 0.381 e. The molecule has 2 heterocycles. The van der Waals surface area contributed by atoms with E-state index >= 15 is 0 Å². The van der Waals surface area contributed by atoms with Crippen molar-refractivity contribution in [2.75, 3.05) is 19.8 Å². The molecule has 1 fully saturated rings. The average Bonchev–Trinajstić information content (AvgIpc) is 2.89. The van der Waals surface area contributed by atoms with Crippen molar-refractivity contribution in [2.24, 2.45) is 5.92 Å². The van der Waals surface area contributed by atoms with Gasteiger partial charge in [-0.2, -0.15) is 0 Å². The van der Waals surface area contributed by atoms with Gasteiger partial charge in [-0.3, -0.25) is 4.79 Å². The summed E-state index contributed by atoms with van der Waals surface area (Å²) in [5.74, 6) is 0.651. The number of hydrogen-bond donors (Lipinski definition) is 2. The van der Waals surface area contributed by atoms with Gasteiger partial charge in [-0.1, -0.05) is 6.07 Å². The summed E-state index contributed by atoms with van der Waals surface area (Å²) in [7, 11) is 0. The molecule has 1 saturated heterocycles. The van der Waals surface area contributed by atoms with E-state index in [0.717, 1.165) is 51.1 Å². The molecule has 1 aromatic heterocycles. The van der Waals surface area contributed by atoms with Crippen molar-refractivity contribution in [3.63, 3.8) is 0 Å². The Hall–Kier alpha value is -1.13. The second-order valence-electron chi connectivity index (χ2n) is 5.34. The zero-order valence-electron chi connectivity index (χ0n) is 10.6. The number of pyridine rings is 1. The summed E-state index contributed by atoms with van der Waals surface area (Å²) in [6.07, 6.45) is 4.47. The highest BCUT2D eigenvalue weighted by Gasteiger charge is 2.22. The van der Waals surface area contributed by atoms with Gasteiger partial charge in [-0.05, 0) is 37.2 Å². The molecule has 0 bridgehead atoms. The molecule has 98 valence electrons. The van der Waals surface area contributed by atoms with Crippen molar-refractivity contribution in [3.05, 3.63) is 33.7 Å². The van der Waals surface area contributed by atoms with Crippen LogP contribution in [0, 0.1) is 5.92 Å². The number of aromatic amines is 1. The molecule has 4 nitrogen and oxygen atoms in total. The first-order valence-corrected chi connectivity index (χ1v) is 6.86. The third-order valence-corrected chi connectivity index (χ3v) is 4.01. The van der Waals surface area contributed by atoms with E-state index in [0.29, 0.717) is 12.0 Å². The van der Waals surface area contributed by atoms with Crippen molar-refractivity contribution < 1.29 is 4.74 Å². The first-order chi connectivity index (χ1) is 8.83. The quantitative estimate of drug-likeness (QED) is 0.849. The number of ether oxygens (including phenoxy) is 1. The normalized spacial score (nSPS) is 27.1. The van der Waals surface area contributed by atoms with Crippen LogP contribution in [-0.4, -0.2) is 24.7 Å². The minimum Gasteiger partial charge on any atom is -0.381 e. The molecule has 1 aliphatic heterocycles. The minimum absolute atomic E-state index is 0.0126. The number of rotatable bonds is 3. The van der Waals surface area contributed by atoms with Crippen LogP contribution in [0.3, 0.4) is 0 Å². The Kier molecular flexibility index (Phi) is 3.48. The lowest BCUT2D eigenvalue weighted by atomic mass is 9.91. The van der Waals surface area contributed by atoms with Gasteiger partial charge in [0, 0.05) is 31.0 Å². The van der Waals surface area contributed by atoms with Crippen molar-refractivity contribution in [1.82, 2.24) is 10.3 Å². The maximum atomic E-state index is 11.3. The molecule has 2 unspecified atom stereocenters. The van der Waals surface area contributed by atoms with E-state index in [4.69, 9.17) is 4.74 Å². The molecular weight excluding hydrogens is 228 g/mol. The van der Waals surface area contributed by atoms with Gasteiger partial charge >= 0.3 is 0 Å². The van der Waals surface area contributed by atoms with Gasteiger partial charge in [0.1, 0.15) is 0 Å². The Morgan fingerprint density at radius 1 is 1.39 bits per heavy atom. The molecule has 4 heteroatoms. The lowest BCUT2D eigenvalue weighted by molar-refractivity contribution is 0.184. The number of fused-ring (bicyclic) bond motifs is 1. The SMILES string of the molecule is O=c1ccc2c([nH]1)CCCC2NCC1CCOC1. The topological polar surface area (TPSA) is 54.1 Å². The van der Waals surface area contributed by atoms with Crippen LogP contribution in [-0.2, 0) is 11.2 Å². The third kappa shape index (κ3) is 2.49. The van der Waals surface area contributed by atoms with Gasteiger partial charge in [0.15, 0.2) is 0 Å². The summed E-state index contributed by atoms with van der Waals surface area (Å²) >= 11 is 0. The first-order valence-electron chi connectivity index (χ1n) is 6.86. The molecule has 1 aliphatic carbocycles. The lowest BCUT2D eigenvalue weighted by Gasteiger charge is -2.27. The molecule has 0 aromatic carbocycles. The van der Waals surface area contributed by atoms with Gasteiger partial charge in [0.25, 0.3) is 0 Å². The fourth-order valence-electron chi connectivity index (χ4n) is 2.97. The summed E-state index contributed by atoms with van der Waals surface area (Å²) in [6.45, 7) is 2.81. The zero-order valence-corrected chi connectivity index (χ0v) is 10.6. The Labute approximate surface area is 107 Å². The third-order valence-electron chi connectivity index (χ3n) is 4.01. The van der Waals surface area contributed by atoms with Gasteiger partial charge in [-0.25, -0.2) is 0 Å². The molecule has 0 radical (unpaired) electrons. The number of H-pyrrole nitrogens is 1. The van der Waals surface area contributed by atoms with Crippen molar-refractivity contribution in [2.45, 2.75) is 31.7 Å². The van der Waals surface area contributed by atoms with Gasteiger partial charge in [-0.15, -0.1) is 0 Å². The highest BCUT2D eigenvalue weighted by molar-refractivity contribution is 5.26. The van der Waals surface area contributed by atoms with Gasteiger partial charge in [0.05, 0.1) is 6.61 Å². The van der Waals surface area contributed by atoms with Crippen LogP contribution in [0.4, 0.5) is 0 Å². The van der Waals surface area contributed by atoms with Crippen LogP contribution in [0.15, 0.2) is 16.9 Å². The number of hydrogen-bond acceptors (Lipinski definition) is 3. The molecule has 3 rings (SSSR count). The van der Waals surface area contributed by atoms with Crippen molar-refractivity contribution in [3.8, 4) is 0 Å². The van der Waals surface area contributed by atoms with Crippen molar-refractivity contribution >= 4 is 0 Å². The van der Waals surface area contributed by atoms with E-state index in [-0.39, 0.29) is 5.56 Å². The molecular formula is C14H20N2O2. The molecule has 0 saturated carbocycles. The Bertz CT molecular complexity index is 463. The molecule has 18 heavy (non-hydrogen) atoms. The van der Waals surface area contributed by atoms with Crippen LogP contribution in [0.2, 0.25) is 0 Å². The Morgan fingerprint density at radius 3 is 3.17 bits per heavy atom. The maximum absolute atomic E-state index is 11.3. The van der Waals surface area contributed by atoms with Crippen LogP contribution < -0.4 is 10.9 Å². The first kappa shape index (κ1) is 11.9. The minimum atomic E-state index is 0.0126. The molecule has 2 atom stereocenters. The number of nitrogens with one attached hydrogen (secondary N) is 2. The van der Waals surface area contributed by atoms with E-state index in [2.05, 4.69) is 10.3 Å². The maximum Gasteiger partial charge on any atom is 0.248 e. The fraction of sp³-hybridized carbons (Fsp3) is 0.643. The summed E-state index contributed by atoms with van der Waals surface area (Å²) in [6, 6.07) is 4.01. The molecule has 0 spiro atoms. The van der Waals surface area contributed by atoms with E-state index in [1.807, 2.05) is 6.07 Å². The van der Waals surface area contributed by atoms with Crippen LogP contribution >= 0.6 is 0 Å². The zero-order chi connectivity index (χ0) is 12.4. The Morgan fingerprint density at radius 2 is 2.33 bits per heavy atom. The fourth-order valence-corrected chi connectivity index (χ4v) is 2.97. The molecule has 2 N–H and O–H groups in total. The smallest absolute Gasteiger partial charge is 0.248 e. The summed E-state index contributed by atoms with van der Waals surface area (Å²) in [5.41, 5.74) is 2.41. The Balaban J connectivity index is 1.68. The summed E-state index contributed by atoms with van der Waals surface area (Å²) in [5, 5.41) is 3.64. The number of aryl methyl sites for hydroxylation is 1. The summed E-state index contributed by atoms with van der Waals surface area (Å²) < 4.78 is 5.39. The average molecular weight is 248 g/mol. The van der Waals surface area contributed by atoms with Crippen LogP contribution in [0.1, 0.15) is 36.6 Å². The van der Waals surface area contributed by atoms with E-state index in [1.165, 1.54) is 5.56 Å². The molecule has 1 aromatic rings. The van der Waals surface area contributed by atoms with Gasteiger partial charge < -0.3 is 15.0 Å². The highest BCUT2D eigenvalue weighted by atomic mass is 16.5. The second kappa shape index (κ2) is 5.24. The number of aromatic nitrogens is 1. The predicted molar refractivity (Wildman–Crippen MR) is 69.7 cm³/mol. The van der Waals surface area contributed by atoms with E-state index in [9.17, 15) is 4.79 Å². The standard InChI is InChI=1S/C14H20N2O2/c17-14-5-4-11-12(2-1-3-13(11)16-14)15-8-10-6-7-18-9-10/h4-5,10,12,15H,1-3,6-9H2,(H,16,17). The molecule has 2 aliphatic rings. The van der Waals surface area contributed by atoms with E-state index in [1.54, 1.807) is 6.07 Å². The lowest BCUT2D eigenvalue weighted by Crippen LogP contribution is -2.31. The van der Waals surface area contributed by atoms with Crippen LogP contribution in [0.5, 0.6) is 0 Å². The predicted octanol–water partition coefficient (Wildman–Crippen LogP) is 1.38. The van der Waals surface area contributed by atoms with Crippen molar-refractivity contribution in [1.29, 1.82) is 0 Å².